The van der Waals surface area contributed by atoms with Gasteiger partial charge in [0.2, 0.25) is 11.2 Å². The van der Waals surface area contributed by atoms with E-state index in [1.807, 2.05) is 29.4 Å². The molecule has 10 nitrogen and oxygen atoms in total. The van der Waals surface area contributed by atoms with Gasteiger partial charge in [0.25, 0.3) is 0 Å². The van der Waals surface area contributed by atoms with Crippen molar-refractivity contribution in [3.8, 4) is 0 Å². The number of hydrogen-bond acceptors (Lipinski definition) is 10. The Morgan fingerprint density at radius 1 is 0.827 bits per heavy atom. The van der Waals surface area contributed by atoms with Crippen LogP contribution in [0.1, 0.15) is 113 Å². The van der Waals surface area contributed by atoms with Gasteiger partial charge in [-0.1, -0.05) is 103 Å². The molecule has 0 spiro atoms. The van der Waals surface area contributed by atoms with E-state index in [1.54, 1.807) is 4.52 Å². The van der Waals surface area contributed by atoms with Crippen LogP contribution in [0, 0.1) is 0 Å². The molecule has 1 N–H and O–H groups in total. The maximum atomic E-state index is 6.48. The monoisotopic (exact) mass is 781 g/mol. The molecule has 0 amide bonds. The van der Waals surface area contributed by atoms with Crippen molar-refractivity contribution in [1.29, 1.82) is 0 Å². The van der Waals surface area contributed by atoms with Gasteiger partial charge >= 0.3 is 0 Å². The minimum Gasteiger partial charge on any atom is -0.417 e. The first-order valence-electron chi connectivity index (χ1n) is 18.5. The highest BCUT2D eigenvalue weighted by Crippen LogP contribution is 2.36. The maximum absolute atomic E-state index is 6.48. The van der Waals surface area contributed by atoms with Gasteiger partial charge in [-0.05, 0) is 96.5 Å². The molecule has 5 aromatic rings. The number of hydrogen-bond donors (Lipinski definition) is 1. The number of rotatable bonds is 18. The van der Waals surface area contributed by atoms with Gasteiger partial charge in [0.05, 0.1) is 12.4 Å². The minimum atomic E-state index is -1.67. The fourth-order valence-corrected chi connectivity index (χ4v) is 8.16. The van der Waals surface area contributed by atoms with Crippen LogP contribution in [-0.2, 0) is 23.8 Å². The Balaban J connectivity index is 1.30. The molecular formula is C38H56ClN9OS2Si. The predicted molar refractivity (Wildman–Crippen MR) is 220 cm³/mol. The lowest BCUT2D eigenvalue weighted by molar-refractivity contribution is 0.277. The van der Waals surface area contributed by atoms with Gasteiger partial charge < -0.3 is 9.74 Å². The average molecular weight is 783 g/mol. The summed E-state index contributed by atoms with van der Waals surface area (Å²) in [5, 5.41) is 14.7. The number of nitrogens with one attached hydrogen (secondary N) is 1. The maximum Gasteiger partial charge on any atom is 0.228 e. The van der Waals surface area contributed by atoms with E-state index in [0.717, 1.165) is 59.9 Å². The number of benzene rings is 1. The quantitative estimate of drug-likeness (QED) is 0.0524. The summed E-state index contributed by atoms with van der Waals surface area (Å²) < 4.78 is 9.86. The molecule has 282 valence electrons. The predicted octanol–water partition coefficient (Wildman–Crippen LogP) is 10.3. The normalized spacial score (nSPS) is 13.2. The van der Waals surface area contributed by atoms with Crippen LogP contribution in [0.3, 0.4) is 0 Å². The molecule has 0 saturated carbocycles. The summed E-state index contributed by atoms with van der Waals surface area (Å²) in [5.74, 6) is 1.18. The molecule has 0 aliphatic carbocycles. The van der Waals surface area contributed by atoms with Crippen LogP contribution in [0.4, 0.5) is 5.95 Å². The number of aryl methyl sites for hydroxylation is 1. The fraction of sp³-hybridized carbons (Fsp3) is 0.579. The van der Waals surface area contributed by atoms with Crippen molar-refractivity contribution in [1.82, 2.24) is 39.2 Å². The molecule has 1 unspecified atom stereocenters. The number of fused-ring (bicyclic) bond motifs is 2. The molecule has 0 radical (unpaired) electrons. The van der Waals surface area contributed by atoms with Crippen molar-refractivity contribution in [2.24, 2.45) is 0 Å². The van der Waals surface area contributed by atoms with Gasteiger partial charge in [0.1, 0.15) is 0 Å². The molecule has 4 aromatic heterocycles. The molecule has 0 bridgehead atoms. The van der Waals surface area contributed by atoms with Crippen molar-refractivity contribution >= 4 is 60.7 Å². The number of nitrogens with zero attached hydrogens (tertiary/aromatic N) is 8. The molecule has 0 fully saturated rings. The standard InChI is InChI=1S/C38H56ClN9OS2Si/c1-25(2)30-23-42-48-32(30)43-37(51-8)46-35(48)40-22-27-17-18-28(16-14-12-11-13-15-19-49-52(9,10)38(4,5)6)29(21-27)20-26(3)31-24-41-47-33(31)44-36(50-7)45-34(47)39/h17-18,21,23-26H,11-16,19-20,22H2,1-10H3,(H,40,43,46). The molecule has 0 aliphatic heterocycles. The van der Waals surface area contributed by atoms with Crippen LogP contribution in [0.5, 0.6) is 0 Å². The molecular weight excluding hydrogens is 726 g/mol. The molecule has 4 heterocycles. The van der Waals surface area contributed by atoms with Gasteiger partial charge in [-0.25, -0.2) is 9.97 Å². The SMILES string of the molecule is CSc1nc(Cl)n2ncc(C(C)Cc3cc(CNc4nc(SC)nc5c(C(C)C)cnn45)ccc3CCCCCCCO[Si](C)(C)C(C)(C)C)c2n1. The zero-order valence-corrected chi connectivity index (χ0v) is 36.0. The van der Waals surface area contributed by atoms with E-state index < -0.39 is 8.32 Å². The average Bonchev–Trinajstić information content (AvgIpc) is 3.73. The third-order valence-corrected chi connectivity index (χ3v) is 16.2. The van der Waals surface area contributed by atoms with E-state index in [-0.39, 0.29) is 11.0 Å². The number of thioether (sulfide) groups is 2. The molecule has 0 saturated heterocycles. The first-order chi connectivity index (χ1) is 24.7. The Morgan fingerprint density at radius 2 is 1.46 bits per heavy atom. The second-order valence-electron chi connectivity index (χ2n) is 15.5. The highest BCUT2D eigenvalue weighted by Gasteiger charge is 2.36. The number of unbranched alkanes of at least 4 members (excludes halogenated alkanes) is 4. The summed E-state index contributed by atoms with van der Waals surface area (Å²) in [6.07, 6.45) is 15.6. The van der Waals surface area contributed by atoms with Gasteiger partial charge in [-0.15, -0.1) is 0 Å². The van der Waals surface area contributed by atoms with Crippen LogP contribution in [-0.4, -0.2) is 66.6 Å². The molecule has 1 aromatic carbocycles. The Labute approximate surface area is 324 Å². The highest BCUT2D eigenvalue weighted by atomic mass is 35.5. The number of anilines is 1. The molecule has 14 heteroatoms. The Bertz CT molecular complexity index is 1960. The van der Waals surface area contributed by atoms with Crippen LogP contribution < -0.4 is 5.32 Å². The number of halogens is 1. The highest BCUT2D eigenvalue weighted by molar-refractivity contribution is 7.98. The summed E-state index contributed by atoms with van der Waals surface area (Å²) in [7, 11) is -1.67. The Hall–Kier alpha value is -2.71. The van der Waals surface area contributed by atoms with E-state index >= 15 is 0 Å². The van der Waals surface area contributed by atoms with Crippen LogP contribution in [0.15, 0.2) is 40.9 Å². The lowest BCUT2D eigenvalue weighted by atomic mass is 9.89. The number of aromatic nitrogens is 8. The van der Waals surface area contributed by atoms with Crippen LogP contribution >= 0.6 is 35.1 Å². The Kier molecular flexibility index (Phi) is 13.7. The summed E-state index contributed by atoms with van der Waals surface area (Å²) in [6, 6.07) is 6.92. The minimum absolute atomic E-state index is 0.171. The summed E-state index contributed by atoms with van der Waals surface area (Å²) in [5.41, 5.74) is 7.74. The van der Waals surface area contributed by atoms with Crippen molar-refractivity contribution in [2.75, 3.05) is 24.4 Å². The lowest BCUT2D eigenvalue weighted by Crippen LogP contribution is -2.40. The molecule has 5 rings (SSSR count). The molecule has 0 aliphatic rings. The van der Waals surface area contributed by atoms with E-state index in [9.17, 15) is 0 Å². The van der Waals surface area contributed by atoms with E-state index in [4.69, 9.17) is 31.0 Å². The summed E-state index contributed by atoms with van der Waals surface area (Å²) in [4.78, 5) is 18.7. The zero-order chi connectivity index (χ0) is 37.6. The van der Waals surface area contributed by atoms with Crippen molar-refractivity contribution in [3.63, 3.8) is 0 Å². The van der Waals surface area contributed by atoms with Crippen molar-refractivity contribution < 1.29 is 4.43 Å². The van der Waals surface area contributed by atoms with Gasteiger partial charge in [0, 0.05) is 24.3 Å². The summed E-state index contributed by atoms with van der Waals surface area (Å²) >= 11 is 9.50. The smallest absolute Gasteiger partial charge is 0.228 e. The van der Waals surface area contributed by atoms with Crippen LogP contribution in [0.2, 0.25) is 23.4 Å². The van der Waals surface area contributed by atoms with E-state index in [2.05, 4.69) is 93.3 Å². The van der Waals surface area contributed by atoms with E-state index in [1.165, 1.54) is 59.5 Å². The van der Waals surface area contributed by atoms with E-state index in [0.29, 0.717) is 28.9 Å². The molecule has 52 heavy (non-hydrogen) atoms. The largest absolute Gasteiger partial charge is 0.417 e. The van der Waals surface area contributed by atoms with Crippen molar-refractivity contribution in [3.05, 3.63) is 63.7 Å². The first-order valence-corrected chi connectivity index (χ1v) is 24.2. The van der Waals surface area contributed by atoms with Gasteiger partial charge in [0.15, 0.2) is 29.9 Å². The Morgan fingerprint density at radius 3 is 2.15 bits per heavy atom. The second kappa shape index (κ2) is 17.6. The second-order valence-corrected chi connectivity index (χ2v) is 22.2. The van der Waals surface area contributed by atoms with Gasteiger partial charge in [-0.2, -0.15) is 29.2 Å². The topological polar surface area (TPSA) is 107 Å². The summed E-state index contributed by atoms with van der Waals surface area (Å²) in [6.45, 7) is 19.7. The van der Waals surface area contributed by atoms with Crippen LogP contribution in [0.25, 0.3) is 11.3 Å². The zero-order valence-electron chi connectivity index (χ0n) is 32.6. The lowest BCUT2D eigenvalue weighted by Gasteiger charge is -2.36. The van der Waals surface area contributed by atoms with Crippen molar-refractivity contribution in [2.45, 2.75) is 133 Å². The first kappa shape index (κ1) is 40.5. The third kappa shape index (κ3) is 9.68. The molecule has 1 atom stereocenters. The third-order valence-electron chi connectivity index (χ3n) is 10.3. The fourth-order valence-electron chi connectivity index (χ4n) is 6.11. The van der Waals surface area contributed by atoms with Gasteiger partial charge in [-0.3, -0.25) is 0 Å².